The smallest absolute Gasteiger partial charge is 0.282 e. The third kappa shape index (κ3) is 20.8. The monoisotopic (exact) mass is 1710 g/mol. The SMILES string of the molecule is CC1CN(c2ccnc(-c3cnc4ccc(C(F)F)nn34)c2)CC(CNS(C)(=O)=O)C1(F)F.CNCCOc1cc(-c2cnc3ccc(C(F)F)nn23)cc(N2CCCC(CNS(C)(=O)=O)C2)n1.FC(F)c1ccc2ncc(-c3ccnc(N4CCOCC4)c3)n2n1.O=S1(=O)CCN(c2cc(-c3cnc4ccc(C(F)F)nn34)ccn2)CC1. The number of hydrogen-bond acceptors (Lipinski definition) is 25. The van der Waals surface area contributed by atoms with Crippen molar-refractivity contribution in [3.05, 3.63) is 163 Å². The molecule has 16 heterocycles. The van der Waals surface area contributed by atoms with Crippen LogP contribution >= 0.6 is 0 Å². The Hall–Kier alpha value is -10.9. The van der Waals surface area contributed by atoms with Crippen molar-refractivity contribution in [2.24, 2.45) is 17.8 Å². The highest BCUT2D eigenvalue weighted by molar-refractivity contribution is 7.91. The first-order valence-corrected chi connectivity index (χ1v) is 42.7. The third-order valence-electron chi connectivity index (χ3n) is 19.8. The molecule has 3 N–H and O–H groups in total. The first kappa shape index (κ1) is 85.0. The van der Waals surface area contributed by atoms with Gasteiger partial charge in [0.1, 0.15) is 52.5 Å². The average molecular weight is 1710 g/mol. The molecule has 4 aliphatic heterocycles. The van der Waals surface area contributed by atoms with Crippen molar-refractivity contribution < 1.29 is 78.6 Å². The van der Waals surface area contributed by atoms with Crippen LogP contribution in [0.15, 0.2) is 140 Å². The fourth-order valence-corrected chi connectivity index (χ4v) is 15.8. The van der Waals surface area contributed by atoms with E-state index in [1.54, 1.807) is 72.3 Å². The summed E-state index contributed by atoms with van der Waals surface area (Å²) in [5.74, 6) is -2.49. The number of rotatable bonds is 22. The van der Waals surface area contributed by atoms with Gasteiger partial charge in [-0.15, -0.1) is 0 Å². The van der Waals surface area contributed by atoms with Crippen molar-refractivity contribution in [2.75, 3.05) is 142 Å². The number of nitrogens with zero attached hydrogens (tertiary/aromatic N) is 20. The summed E-state index contributed by atoms with van der Waals surface area (Å²) < 4.78 is 224. The highest BCUT2D eigenvalue weighted by Crippen LogP contribution is 2.41. The molecule has 0 amide bonds. The summed E-state index contributed by atoms with van der Waals surface area (Å²) in [4.78, 5) is 42.4. The molecule has 0 aliphatic carbocycles. The van der Waals surface area contributed by atoms with E-state index in [9.17, 15) is 69.2 Å². The van der Waals surface area contributed by atoms with Gasteiger partial charge in [0, 0.05) is 125 Å². The molecule has 4 saturated heterocycles. The van der Waals surface area contributed by atoms with Gasteiger partial charge in [0.2, 0.25) is 25.9 Å². The highest BCUT2D eigenvalue weighted by atomic mass is 32.2. The summed E-state index contributed by atoms with van der Waals surface area (Å²) in [7, 11) is -8.06. The van der Waals surface area contributed by atoms with Crippen LogP contribution in [-0.4, -0.2) is 232 Å². The minimum Gasteiger partial charge on any atom is -0.476 e. The Morgan fingerprint density at radius 3 is 1.47 bits per heavy atom. The molecule has 4 fully saturated rings. The van der Waals surface area contributed by atoms with Crippen LogP contribution < -0.4 is 39.1 Å². The van der Waals surface area contributed by atoms with Gasteiger partial charge in [-0.05, 0) is 117 Å². The van der Waals surface area contributed by atoms with Crippen LogP contribution in [0.1, 0.15) is 68.2 Å². The van der Waals surface area contributed by atoms with Gasteiger partial charge in [-0.1, -0.05) is 6.92 Å². The normalized spacial score (nSPS) is 17.8. The van der Waals surface area contributed by atoms with Crippen LogP contribution in [0.3, 0.4) is 0 Å². The summed E-state index contributed by atoms with van der Waals surface area (Å²) in [5, 5.41) is 19.0. The summed E-state index contributed by atoms with van der Waals surface area (Å²) in [6.07, 6.45) is 4.15. The average Bonchev–Trinajstić information content (AvgIpc) is 1.18. The Morgan fingerprint density at radius 1 is 0.517 bits per heavy atom. The van der Waals surface area contributed by atoms with Gasteiger partial charge in [0.15, 0.2) is 32.4 Å². The van der Waals surface area contributed by atoms with E-state index >= 15 is 0 Å². The van der Waals surface area contributed by atoms with Crippen molar-refractivity contribution in [3.63, 3.8) is 0 Å². The van der Waals surface area contributed by atoms with E-state index < -0.39 is 85.6 Å². The summed E-state index contributed by atoms with van der Waals surface area (Å²) >= 11 is 0. The molecule has 31 nitrogen and oxygen atoms in total. The van der Waals surface area contributed by atoms with Crippen molar-refractivity contribution in [1.82, 2.24) is 93.1 Å². The van der Waals surface area contributed by atoms with Crippen LogP contribution in [0, 0.1) is 17.8 Å². The number of alkyl halides is 10. The van der Waals surface area contributed by atoms with E-state index in [0.717, 1.165) is 61.9 Å². The van der Waals surface area contributed by atoms with Crippen molar-refractivity contribution in [1.29, 1.82) is 0 Å². The second kappa shape index (κ2) is 36.5. The van der Waals surface area contributed by atoms with Crippen LogP contribution in [0.4, 0.5) is 67.0 Å². The van der Waals surface area contributed by atoms with Gasteiger partial charge in [-0.25, -0.2) is 127 Å². The second-order valence-electron chi connectivity index (χ2n) is 28.2. The number of sulfone groups is 1. The number of sulfonamides is 2. The number of nitrogens with one attached hydrogen (secondary N) is 3. The largest absolute Gasteiger partial charge is 0.476 e. The Morgan fingerprint density at radius 2 is 0.975 bits per heavy atom. The van der Waals surface area contributed by atoms with E-state index in [2.05, 4.69) is 84.8 Å². The van der Waals surface area contributed by atoms with Gasteiger partial charge in [0.05, 0.1) is 90.7 Å². The Labute approximate surface area is 669 Å². The zero-order valence-electron chi connectivity index (χ0n) is 63.8. The van der Waals surface area contributed by atoms with Gasteiger partial charge >= 0.3 is 0 Å². The summed E-state index contributed by atoms with van der Waals surface area (Å²) in [6, 6.07) is 25.2. The number of hydrogen-bond donors (Lipinski definition) is 3. The van der Waals surface area contributed by atoms with Crippen molar-refractivity contribution in [3.8, 4) is 51.0 Å². The highest BCUT2D eigenvalue weighted by Gasteiger charge is 2.50. The summed E-state index contributed by atoms with van der Waals surface area (Å²) in [6.45, 7) is 7.38. The minimum atomic E-state index is -3.62. The molecule has 3 unspecified atom stereocenters. The van der Waals surface area contributed by atoms with Gasteiger partial charge < -0.3 is 34.4 Å². The maximum Gasteiger partial charge on any atom is 0.282 e. The zero-order valence-corrected chi connectivity index (χ0v) is 66.2. The predicted octanol–water partition coefficient (Wildman–Crippen LogP) is 9.61. The lowest BCUT2D eigenvalue weighted by atomic mass is 9.85. The maximum atomic E-state index is 14.8. The third-order valence-corrected chi connectivity index (χ3v) is 22.8. The standard InChI is InChI=1S/C22H29F2N7O3S.C20H22F4N6O2S.C16H15F2N5O2S.C16H15F2N5O/c1-25-7-9-34-21-11-16(18-13-26-19-6-5-17(22(23)24)29-31(18)19)10-20(28-21)30-8-3-4-15(14-30)12-27-35(2,32)33;1-12-10-29(11-13(20(12,23)24)8-27-33(2,31)32)14-5-6-25-16(7-14)17-9-26-18-4-3-15(19(21)22)28-30(17)18;17-16(18)12-1-2-14-20-10-13(23(14)21-12)11-3-4-19-15(9-11)22-5-7-26(24,25)8-6-22;17-16(18)12-1-2-14-20-10-13(23(14)21-12)11-3-4-19-15(9-11)22-5-7-24-8-6-22/h5-6,10-11,13,15,22,25,27H,3-4,7-9,12,14H2,1-2H3;3-7,9,12-13,19,27H,8,10-11H2,1-2H3;1-4,9-10,16H,5-8H2;1-4,9-10,16H,5-8H2. The number of ether oxygens (including phenoxy) is 2. The number of morpholine rings is 1. The topological polar surface area (TPSA) is 342 Å². The molecule has 0 saturated carbocycles. The molecule has 3 atom stereocenters. The number of imidazole rings is 4. The molecule has 12 aromatic heterocycles. The van der Waals surface area contributed by atoms with Crippen LogP contribution in [-0.2, 0) is 34.6 Å². The van der Waals surface area contributed by atoms with Crippen LogP contribution in [0.25, 0.3) is 67.7 Å². The fourth-order valence-electron chi connectivity index (χ4n) is 13.6. The number of halogens is 10. The van der Waals surface area contributed by atoms with Crippen molar-refractivity contribution >= 4 is 75.6 Å². The number of fused-ring (bicyclic) bond motifs is 4. The lowest BCUT2D eigenvalue weighted by molar-refractivity contribution is -0.108. The van der Waals surface area contributed by atoms with E-state index in [1.807, 2.05) is 30.1 Å². The van der Waals surface area contributed by atoms with Crippen LogP contribution in [0.5, 0.6) is 5.88 Å². The van der Waals surface area contributed by atoms with E-state index in [-0.39, 0.29) is 47.6 Å². The van der Waals surface area contributed by atoms with E-state index in [4.69, 9.17) is 9.47 Å². The fraction of sp³-hybridized carbons (Fsp3) is 0.405. The number of piperidine rings is 2. The quantitative estimate of drug-likeness (QED) is 0.0419. The van der Waals surface area contributed by atoms with E-state index in [1.165, 1.54) is 79.8 Å². The molecule has 118 heavy (non-hydrogen) atoms. The number of anilines is 4. The van der Waals surface area contributed by atoms with Gasteiger partial charge in [-0.2, -0.15) is 25.4 Å². The van der Waals surface area contributed by atoms with Gasteiger partial charge in [-0.3, -0.25) is 4.98 Å². The first-order chi connectivity index (χ1) is 56.3. The van der Waals surface area contributed by atoms with Crippen LogP contribution in [0.2, 0.25) is 0 Å². The lowest BCUT2D eigenvalue weighted by Gasteiger charge is -2.43. The molecule has 0 radical (unpaired) electrons. The summed E-state index contributed by atoms with van der Waals surface area (Å²) in [5.41, 5.74) is 5.79. The molecule has 628 valence electrons. The maximum absolute atomic E-state index is 14.8. The number of likely N-dealkylation sites (N-methyl/N-ethyl adjacent to an activating group) is 1. The molecular weight excluding hydrogens is 1630 g/mol. The van der Waals surface area contributed by atoms with E-state index in [0.29, 0.717) is 132 Å². The van der Waals surface area contributed by atoms with Gasteiger partial charge in [0.25, 0.3) is 31.6 Å². The molecule has 12 aromatic rings. The Bertz CT molecular complexity index is 5860. The number of aromatic nitrogens is 16. The lowest BCUT2D eigenvalue weighted by Crippen LogP contribution is -2.56. The molecule has 16 rings (SSSR count). The molecule has 0 bridgehead atoms. The molecule has 0 spiro atoms. The first-order valence-electron chi connectivity index (χ1n) is 37.1. The molecule has 4 aliphatic rings. The minimum absolute atomic E-state index is 0.0484. The second-order valence-corrected chi connectivity index (χ2v) is 34.2. The number of pyridine rings is 4. The molecule has 44 heteroatoms. The zero-order chi connectivity index (χ0) is 83.8. The Balaban J connectivity index is 0.000000138. The Kier molecular flexibility index (Phi) is 26.3. The van der Waals surface area contributed by atoms with Crippen molar-refractivity contribution in [2.45, 2.75) is 51.4 Å². The molecule has 0 aromatic carbocycles. The molecular formula is C74H81F10N23O8S3. The predicted molar refractivity (Wildman–Crippen MR) is 418 cm³/mol.